The van der Waals surface area contributed by atoms with Crippen LogP contribution in [0, 0.1) is 0 Å². The van der Waals surface area contributed by atoms with E-state index < -0.39 is 0 Å². The third-order valence-corrected chi connectivity index (χ3v) is 2.76. The molecule has 0 aliphatic carbocycles. The predicted octanol–water partition coefficient (Wildman–Crippen LogP) is 2.24. The lowest BCUT2D eigenvalue weighted by Gasteiger charge is -2.00. The lowest BCUT2D eigenvalue weighted by atomic mass is 10.2. The molecule has 0 saturated carbocycles. The number of nitrogens with zero attached hydrogens (tertiary/aromatic N) is 2. The Kier molecular flexibility index (Phi) is 5.57. The van der Waals surface area contributed by atoms with E-state index in [4.69, 9.17) is 5.11 Å². The first-order chi connectivity index (χ1) is 7.24. The van der Waals surface area contributed by atoms with E-state index in [0.717, 1.165) is 36.8 Å². The summed E-state index contributed by atoms with van der Waals surface area (Å²) in [6.45, 7) is 5.38. The maximum Gasteiger partial charge on any atom is 0.202 e. The fourth-order valence-electron chi connectivity index (χ4n) is 1.15. The van der Waals surface area contributed by atoms with E-state index in [9.17, 15) is 0 Å². The van der Waals surface area contributed by atoms with Crippen molar-refractivity contribution < 1.29 is 5.11 Å². The Bertz CT molecular complexity index is 275. The molecular weight excluding hydrogens is 210 g/mol. The Morgan fingerprint density at radius 1 is 1.33 bits per heavy atom. The molecule has 0 atom stereocenters. The first-order valence-corrected chi connectivity index (χ1v) is 6.19. The zero-order valence-corrected chi connectivity index (χ0v) is 10.2. The highest BCUT2D eigenvalue weighted by Crippen LogP contribution is 2.17. The highest BCUT2D eigenvalue weighted by atomic mass is 32.1. The van der Waals surface area contributed by atoms with E-state index >= 15 is 0 Å². The molecule has 0 unspecified atom stereocenters. The van der Waals surface area contributed by atoms with Crippen LogP contribution in [0.25, 0.3) is 0 Å². The highest BCUT2D eigenvalue weighted by Gasteiger charge is 2.06. The molecule has 86 valence electrons. The SMILES string of the molecule is CC(C)c1nsc(NCCCCCO)n1. The Balaban J connectivity index is 2.20. The second-order valence-electron chi connectivity index (χ2n) is 3.82. The van der Waals surface area contributed by atoms with Crippen molar-refractivity contribution in [2.45, 2.75) is 39.0 Å². The molecule has 1 aromatic rings. The Labute approximate surface area is 94.9 Å². The molecule has 4 nitrogen and oxygen atoms in total. The van der Waals surface area contributed by atoms with Crippen LogP contribution in [0.1, 0.15) is 44.9 Å². The summed E-state index contributed by atoms with van der Waals surface area (Å²) in [6.07, 6.45) is 3.01. The molecule has 0 radical (unpaired) electrons. The Morgan fingerprint density at radius 2 is 2.13 bits per heavy atom. The molecule has 0 bridgehead atoms. The van der Waals surface area contributed by atoms with Gasteiger partial charge in [-0.05, 0) is 19.3 Å². The molecule has 1 rings (SSSR count). The summed E-state index contributed by atoms with van der Waals surface area (Å²) in [5, 5.41) is 12.8. The van der Waals surface area contributed by atoms with Gasteiger partial charge >= 0.3 is 0 Å². The number of rotatable bonds is 7. The molecule has 1 heterocycles. The zero-order valence-electron chi connectivity index (χ0n) is 9.36. The van der Waals surface area contributed by atoms with Crippen LogP contribution < -0.4 is 5.32 Å². The summed E-state index contributed by atoms with van der Waals surface area (Å²) in [6, 6.07) is 0. The van der Waals surface area contributed by atoms with E-state index in [0.29, 0.717) is 5.92 Å². The number of anilines is 1. The number of unbranched alkanes of at least 4 members (excludes halogenated alkanes) is 2. The lowest BCUT2D eigenvalue weighted by molar-refractivity contribution is 0.283. The van der Waals surface area contributed by atoms with E-state index in [1.165, 1.54) is 11.5 Å². The summed E-state index contributed by atoms with van der Waals surface area (Å²) >= 11 is 1.42. The molecule has 15 heavy (non-hydrogen) atoms. The standard InChI is InChI=1S/C10H19N3OS/c1-8(2)9-12-10(15-13-9)11-6-4-3-5-7-14/h8,14H,3-7H2,1-2H3,(H,11,12,13). The molecule has 0 aliphatic rings. The van der Waals surface area contributed by atoms with E-state index in [2.05, 4.69) is 28.5 Å². The van der Waals surface area contributed by atoms with Gasteiger partial charge in [-0.15, -0.1) is 0 Å². The van der Waals surface area contributed by atoms with Crippen LogP contribution in [0.4, 0.5) is 5.13 Å². The highest BCUT2D eigenvalue weighted by molar-refractivity contribution is 7.09. The van der Waals surface area contributed by atoms with Gasteiger partial charge in [0.1, 0.15) is 5.82 Å². The minimum Gasteiger partial charge on any atom is -0.396 e. The quantitative estimate of drug-likeness (QED) is 0.704. The van der Waals surface area contributed by atoms with Crippen molar-refractivity contribution in [3.05, 3.63) is 5.82 Å². The average Bonchev–Trinajstić information content (AvgIpc) is 2.66. The fraction of sp³-hybridized carbons (Fsp3) is 0.800. The predicted molar refractivity (Wildman–Crippen MR) is 63.4 cm³/mol. The minimum absolute atomic E-state index is 0.288. The summed E-state index contributed by atoms with van der Waals surface area (Å²) in [4.78, 5) is 4.37. The number of nitrogens with one attached hydrogen (secondary N) is 1. The van der Waals surface area contributed by atoms with Gasteiger partial charge in [-0.25, -0.2) is 4.98 Å². The maximum atomic E-state index is 8.61. The van der Waals surface area contributed by atoms with Crippen LogP contribution in [0.15, 0.2) is 0 Å². The van der Waals surface area contributed by atoms with Crippen molar-refractivity contribution in [2.24, 2.45) is 0 Å². The first-order valence-electron chi connectivity index (χ1n) is 5.42. The number of aliphatic hydroxyl groups is 1. The number of aliphatic hydroxyl groups excluding tert-OH is 1. The number of aromatic nitrogens is 2. The largest absolute Gasteiger partial charge is 0.396 e. The molecular formula is C10H19N3OS. The van der Waals surface area contributed by atoms with Gasteiger partial charge < -0.3 is 10.4 Å². The van der Waals surface area contributed by atoms with Crippen molar-refractivity contribution >= 4 is 16.7 Å². The molecule has 0 amide bonds. The summed E-state index contributed by atoms with van der Waals surface area (Å²) in [5.41, 5.74) is 0. The molecule has 0 spiro atoms. The molecule has 0 aromatic carbocycles. The summed E-state index contributed by atoms with van der Waals surface area (Å²) in [5.74, 6) is 1.31. The van der Waals surface area contributed by atoms with Crippen LogP contribution in [-0.2, 0) is 0 Å². The van der Waals surface area contributed by atoms with E-state index in [-0.39, 0.29) is 6.61 Å². The van der Waals surface area contributed by atoms with E-state index in [1.54, 1.807) is 0 Å². The maximum absolute atomic E-state index is 8.61. The van der Waals surface area contributed by atoms with Gasteiger partial charge in [-0.3, -0.25) is 0 Å². The Hall–Kier alpha value is -0.680. The van der Waals surface area contributed by atoms with Gasteiger partial charge in [0.25, 0.3) is 0 Å². The van der Waals surface area contributed by atoms with E-state index in [1.807, 2.05) is 0 Å². The van der Waals surface area contributed by atoms with Crippen LogP contribution in [0.3, 0.4) is 0 Å². The minimum atomic E-state index is 0.288. The Morgan fingerprint density at radius 3 is 2.73 bits per heavy atom. The molecule has 0 aliphatic heterocycles. The third kappa shape index (κ3) is 4.57. The van der Waals surface area contributed by atoms with Crippen molar-refractivity contribution in [3.63, 3.8) is 0 Å². The topological polar surface area (TPSA) is 58.0 Å². The number of hydrogen-bond donors (Lipinski definition) is 2. The monoisotopic (exact) mass is 229 g/mol. The van der Waals surface area contributed by atoms with Gasteiger partial charge in [0, 0.05) is 30.6 Å². The van der Waals surface area contributed by atoms with Gasteiger partial charge in [-0.2, -0.15) is 4.37 Å². The molecule has 0 saturated heterocycles. The van der Waals surface area contributed by atoms with Gasteiger partial charge in [0.05, 0.1) is 0 Å². The van der Waals surface area contributed by atoms with Gasteiger partial charge in [-0.1, -0.05) is 13.8 Å². The van der Waals surface area contributed by atoms with Crippen molar-refractivity contribution in [1.29, 1.82) is 0 Å². The smallest absolute Gasteiger partial charge is 0.202 e. The second-order valence-corrected chi connectivity index (χ2v) is 4.58. The van der Waals surface area contributed by atoms with Crippen molar-refractivity contribution in [1.82, 2.24) is 9.36 Å². The van der Waals surface area contributed by atoms with Crippen molar-refractivity contribution in [2.75, 3.05) is 18.5 Å². The second kappa shape index (κ2) is 6.74. The van der Waals surface area contributed by atoms with Gasteiger partial charge in [0.15, 0.2) is 0 Å². The van der Waals surface area contributed by atoms with Gasteiger partial charge in [0.2, 0.25) is 5.13 Å². The molecule has 0 fully saturated rings. The number of hydrogen-bond acceptors (Lipinski definition) is 5. The van der Waals surface area contributed by atoms with Crippen LogP contribution in [0.2, 0.25) is 0 Å². The van der Waals surface area contributed by atoms with Crippen LogP contribution in [0.5, 0.6) is 0 Å². The summed E-state index contributed by atoms with van der Waals surface area (Å²) in [7, 11) is 0. The van der Waals surface area contributed by atoms with Crippen LogP contribution >= 0.6 is 11.5 Å². The summed E-state index contributed by atoms with van der Waals surface area (Å²) < 4.78 is 4.26. The fourth-order valence-corrected chi connectivity index (χ4v) is 1.88. The lowest BCUT2D eigenvalue weighted by Crippen LogP contribution is -2.01. The van der Waals surface area contributed by atoms with Crippen molar-refractivity contribution in [3.8, 4) is 0 Å². The molecule has 2 N–H and O–H groups in total. The molecule has 5 heteroatoms. The van der Waals surface area contributed by atoms with Crippen LogP contribution in [-0.4, -0.2) is 27.6 Å². The first kappa shape index (κ1) is 12.4. The normalized spacial score (nSPS) is 10.9. The third-order valence-electron chi connectivity index (χ3n) is 2.07. The zero-order chi connectivity index (χ0) is 11.1. The average molecular weight is 229 g/mol. The molecule has 1 aromatic heterocycles.